The Morgan fingerprint density at radius 2 is 1.60 bits per heavy atom. The number of hydrogen-bond donors (Lipinski definition) is 1. The Morgan fingerprint density at radius 1 is 0.782 bits per heavy atom. The number of aromatic nitrogens is 4. The van der Waals surface area contributed by atoms with Gasteiger partial charge < -0.3 is 18.8 Å². The number of amides is 4. The summed E-state index contributed by atoms with van der Waals surface area (Å²) >= 11 is 0. The molecule has 13 nitrogen and oxygen atoms in total. The first-order valence-corrected chi connectivity index (χ1v) is 17.8. The highest BCUT2D eigenvalue weighted by atomic mass is 16.5. The summed E-state index contributed by atoms with van der Waals surface area (Å²) in [6.07, 6.45) is 8.80. The van der Waals surface area contributed by atoms with Crippen LogP contribution in [-0.2, 0) is 16.6 Å². The van der Waals surface area contributed by atoms with Gasteiger partial charge in [0.15, 0.2) is 0 Å². The van der Waals surface area contributed by atoms with Crippen LogP contribution in [0.5, 0.6) is 17.4 Å². The Morgan fingerprint density at radius 3 is 2.40 bits per heavy atom. The first-order chi connectivity index (χ1) is 26.8. The molecule has 9 rings (SSSR count). The van der Waals surface area contributed by atoms with Crippen molar-refractivity contribution in [2.45, 2.75) is 43.9 Å². The molecule has 6 heterocycles. The minimum absolute atomic E-state index is 0.00438. The van der Waals surface area contributed by atoms with Crippen LogP contribution >= 0.6 is 0 Å². The molecule has 4 aromatic heterocycles. The Hall–Kier alpha value is -7.07. The Labute approximate surface area is 314 Å². The lowest BCUT2D eigenvalue weighted by molar-refractivity contribution is -0.136. The second-order valence-electron chi connectivity index (χ2n) is 13.6. The van der Waals surface area contributed by atoms with Gasteiger partial charge in [0, 0.05) is 72.8 Å². The maximum atomic E-state index is 13.0. The number of pyridine rings is 3. The number of piperidine rings is 1. The van der Waals surface area contributed by atoms with Crippen LogP contribution in [-0.4, -0.2) is 72.9 Å². The fourth-order valence-corrected chi connectivity index (χ4v) is 7.24. The number of nitrogens with zero attached hydrogens (tertiary/aromatic N) is 5. The lowest BCUT2D eigenvalue weighted by Gasteiger charge is -2.34. The molecule has 2 aromatic carbocycles. The van der Waals surface area contributed by atoms with Crippen LogP contribution in [0.2, 0.25) is 0 Å². The molecule has 1 aliphatic carbocycles. The van der Waals surface area contributed by atoms with E-state index in [1.165, 1.54) is 17.5 Å². The summed E-state index contributed by atoms with van der Waals surface area (Å²) in [5.41, 5.74) is 5.23. The molecule has 6 aromatic rings. The molecule has 4 amide bonds. The SMILES string of the molecule is Cn1c2ccncc2c2ccc(-c3ccc(O[C@H]4C[C@H](Oc5ccc(C#CCOc6ccc7c(c6)C(=O)N(C6CCC(=O)NC6=O)C7=O)nc5)C4)nc3)cc21. The highest BCUT2D eigenvalue weighted by Gasteiger charge is 2.44. The van der Waals surface area contributed by atoms with E-state index in [0.29, 0.717) is 23.1 Å². The van der Waals surface area contributed by atoms with Crippen LogP contribution in [0.15, 0.2) is 91.5 Å². The molecule has 13 heteroatoms. The number of hydrogen-bond acceptors (Lipinski definition) is 10. The molecule has 2 aliphatic heterocycles. The van der Waals surface area contributed by atoms with E-state index in [1.54, 1.807) is 18.3 Å². The zero-order chi connectivity index (χ0) is 37.6. The predicted octanol–water partition coefficient (Wildman–Crippen LogP) is 5.00. The third-order valence-electron chi connectivity index (χ3n) is 10.2. The summed E-state index contributed by atoms with van der Waals surface area (Å²) in [4.78, 5) is 63.9. The van der Waals surface area contributed by atoms with Gasteiger partial charge in [0.1, 0.15) is 42.0 Å². The summed E-state index contributed by atoms with van der Waals surface area (Å²) in [7, 11) is 2.07. The number of aryl methyl sites for hydroxylation is 1. The molecule has 2 fully saturated rings. The van der Waals surface area contributed by atoms with E-state index < -0.39 is 29.7 Å². The van der Waals surface area contributed by atoms with Gasteiger partial charge in [-0.25, -0.2) is 9.97 Å². The van der Waals surface area contributed by atoms with Crippen LogP contribution in [0, 0.1) is 11.8 Å². The van der Waals surface area contributed by atoms with Crippen molar-refractivity contribution in [1.29, 1.82) is 0 Å². The fraction of sp³-hybridized carbons (Fsp3) is 0.214. The van der Waals surface area contributed by atoms with Crippen LogP contribution in [0.1, 0.15) is 52.1 Å². The first-order valence-electron chi connectivity index (χ1n) is 17.8. The van der Waals surface area contributed by atoms with Crippen LogP contribution in [0.3, 0.4) is 0 Å². The summed E-state index contributed by atoms with van der Waals surface area (Å²) in [6, 6.07) is 19.5. The molecule has 1 atom stereocenters. The molecule has 1 saturated carbocycles. The van der Waals surface area contributed by atoms with Crippen molar-refractivity contribution in [3.05, 3.63) is 108 Å². The van der Waals surface area contributed by atoms with Gasteiger partial charge in [-0.15, -0.1) is 0 Å². The zero-order valence-electron chi connectivity index (χ0n) is 29.5. The topological polar surface area (TPSA) is 155 Å². The molecule has 0 radical (unpaired) electrons. The van der Waals surface area contributed by atoms with Gasteiger partial charge in [-0.1, -0.05) is 18.1 Å². The van der Waals surface area contributed by atoms with Gasteiger partial charge in [0.05, 0.1) is 22.8 Å². The second kappa shape index (κ2) is 13.7. The van der Waals surface area contributed by atoms with E-state index in [9.17, 15) is 19.2 Å². The maximum absolute atomic E-state index is 13.0. The van der Waals surface area contributed by atoms with Crippen LogP contribution in [0.25, 0.3) is 32.9 Å². The molecule has 1 saturated heterocycles. The number of ether oxygens (including phenoxy) is 3. The van der Waals surface area contributed by atoms with Gasteiger partial charge in [0.2, 0.25) is 17.7 Å². The highest BCUT2D eigenvalue weighted by Crippen LogP contribution is 2.34. The number of fused-ring (bicyclic) bond motifs is 4. The van der Waals surface area contributed by atoms with Gasteiger partial charge in [-0.3, -0.25) is 34.4 Å². The minimum atomic E-state index is -1.03. The standard InChI is InChI=1S/C42H32N6O7/c1-47-35-14-15-43-23-34(35)31-9-4-24(17-37(31)47)25-5-13-39(45-21-25)55-30-18-29(19-30)54-28-7-6-26(44-22-28)3-2-16-53-27-8-10-32-33(20-27)42(52)48(41(32)51)36-11-12-38(49)46-40(36)50/h4-10,13-15,17,20-23,29-30,36H,11-12,16,18-19H2,1H3,(H,46,49,50)/t29-,30-,36?. The summed E-state index contributed by atoms with van der Waals surface area (Å²) in [5.74, 6) is 5.14. The average molecular weight is 733 g/mol. The van der Waals surface area contributed by atoms with E-state index in [4.69, 9.17) is 14.2 Å². The monoisotopic (exact) mass is 732 g/mol. The normalized spacial score (nSPS) is 19.1. The molecule has 272 valence electrons. The minimum Gasteiger partial charge on any atom is -0.489 e. The summed E-state index contributed by atoms with van der Waals surface area (Å²) in [5, 5.41) is 4.49. The lowest BCUT2D eigenvalue weighted by Crippen LogP contribution is -2.54. The Balaban J connectivity index is 0.737. The molecule has 55 heavy (non-hydrogen) atoms. The van der Waals surface area contributed by atoms with Crippen LogP contribution in [0.4, 0.5) is 0 Å². The number of carbonyl (C=O) groups excluding carboxylic acids is 4. The fourth-order valence-electron chi connectivity index (χ4n) is 7.24. The third kappa shape index (κ3) is 6.37. The first kappa shape index (κ1) is 33.7. The number of rotatable bonds is 8. The van der Waals surface area contributed by atoms with Crippen molar-refractivity contribution in [3.8, 4) is 40.3 Å². The maximum Gasteiger partial charge on any atom is 0.262 e. The zero-order valence-corrected chi connectivity index (χ0v) is 29.5. The van der Waals surface area contributed by atoms with E-state index in [2.05, 4.69) is 61.9 Å². The third-order valence-corrected chi connectivity index (χ3v) is 10.2. The van der Waals surface area contributed by atoms with E-state index in [0.717, 1.165) is 45.3 Å². The van der Waals surface area contributed by atoms with E-state index >= 15 is 0 Å². The second-order valence-corrected chi connectivity index (χ2v) is 13.6. The van der Waals surface area contributed by atoms with Crippen molar-refractivity contribution in [2.75, 3.05) is 6.61 Å². The largest absolute Gasteiger partial charge is 0.489 e. The van der Waals surface area contributed by atoms with Crippen LogP contribution < -0.4 is 19.5 Å². The van der Waals surface area contributed by atoms with Gasteiger partial charge in [-0.2, -0.15) is 0 Å². The number of benzene rings is 2. The molecular weight excluding hydrogens is 700 g/mol. The Kier molecular flexibility index (Phi) is 8.42. The molecule has 3 aliphatic rings. The van der Waals surface area contributed by atoms with Crippen molar-refractivity contribution in [2.24, 2.45) is 7.05 Å². The van der Waals surface area contributed by atoms with Crippen molar-refractivity contribution < 1.29 is 33.4 Å². The summed E-state index contributed by atoms with van der Waals surface area (Å²) in [6.45, 7) is 0.0116. The van der Waals surface area contributed by atoms with Crippen molar-refractivity contribution in [1.82, 2.24) is 29.7 Å². The quantitative estimate of drug-likeness (QED) is 0.167. The summed E-state index contributed by atoms with van der Waals surface area (Å²) < 4.78 is 20.1. The molecule has 1 unspecified atom stereocenters. The van der Waals surface area contributed by atoms with Crippen molar-refractivity contribution in [3.63, 3.8) is 0 Å². The molecule has 0 bridgehead atoms. The van der Waals surface area contributed by atoms with E-state index in [-0.39, 0.29) is 42.8 Å². The van der Waals surface area contributed by atoms with Crippen molar-refractivity contribution >= 4 is 45.4 Å². The predicted molar refractivity (Wildman–Crippen MR) is 199 cm³/mol. The van der Waals surface area contributed by atoms with Gasteiger partial charge in [0.25, 0.3) is 11.8 Å². The smallest absolute Gasteiger partial charge is 0.262 e. The lowest BCUT2D eigenvalue weighted by atomic mass is 9.92. The van der Waals surface area contributed by atoms with Gasteiger partial charge in [-0.05, 0) is 66.4 Å². The average Bonchev–Trinajstić information content (AvgIpc) is 3.61. The Bertz CT molecular complexity index is 2600. The number of carbonyl (C=O) groups is 4. The number of nitrogens with one attached hydrogen (secondary N) is 1. The van der Waals surface area contributed by atoms with E-state index in [1.807, 2.05) is 42.9 Å². The highest BCUT2D eigenvalue weighted by molar-refractivity contribution is 6.23. The molecule has 1 N–H and O–H groups in total. The molecule has 0 spiro atoms. The molecular formula is C42H32N6O7. The van der Waals surface area contributed by atoms with Gasteiger partial charge >= 0.3 is 0 Å². The number of imide groups is 2.